The topological polar surface area (TPSA) is 37.3 Å². The molecule has 31 heavy (non-hydrogen) atoms. The monoisotopic (exact) mass is 417 g/mol. The van der Waals surface area contributed by atoms with E-state index in [2.05, 4.69) is 71.2 Å². The van der Waals surface area contributed by atoms with Crippen LogP contribution in [-0.2, 0) is 6.54 Å². The molecule has 1 unspecified atom stereocenters. The van der Waals surface area contributed by atoms with Crippen molar-refractivity contribution in [3.8, 4) is 0 Å². The van der Waals surface area contributed by atoms with Gasteiger partial charge in [-0.2, -0.15) is 0 Å². The van der Waals surface area contributed by atoms with Crippen molar-refractivity contribution in [3.63, 3.8) is 0 Å². The fourth-order valence-corrected chi connectivity index (χ4v) is 7.58. The maximum atomic E-state index is 13.8. The van der Waals surface area contributed by atoms with Gasteiger partial charge in [0.05, 0.1) is 6.04 Å². The van der Waals surface area contributed by atoms with Gasteiger partial charge < -0.3 is 14.8 Å². The van der Waals surface area contributed by atoms with Gasteiger partial charge in [0.15, 0.2) is 0 Å². The van der Waals surface area contributed by atoms with E-state index in [0.717, 1.165) is 30.8 Å². The van der Waals surface area contributed by atoms with E-state index in [9.17, 15) is 4.79 Å². The first-order valence-electron chi connectivity index (χ1n) is 12.3. The number of urea groups is 1. The Labute approximate surface area is 186 Å². The number of amides is 2. The predicted molar refractivity (Wildman–Crippen MR) is 123 cm³/mol. The average molecular weight is 418 g/mol. The van der Waals surface area contributed by atoms with Crippen LogP contribution in [0.2, 0.25) is 0 Å². The van der Waals surface area contributed by atoms with Crippen LogP contribution < -0.4 is 5.32 Å². The summed E-state index contributed by atoms with van der Waals surface area (Å²) in [5.41, 5.74) is 3.84. The van der Waals surface area contributed by atoms with Gasteiger partial charge in [-0.15, -0.1) is 0 Å². The van der Waals surface area contributed by atoms with Crippen molar-refractivity contribution in [2.24, 2.45) is 17.8 Å². The lowest BCUT2D eigenvalue weighted by molar-refractivity contribution is -0.0165. The van der Waals surface area contributed by atoms with Gasteiger partial charge in [-0.3, -0.25) is 0 Å². The molecule has 4 aliphatic carbocycles. The molecule has 0 saturated heterocycles. The molecule has 2 heterocycles. The highest BCUT2D eigenvalue weighted by Gasteiger charge is 2.52. The van der Waals surface area contributed by atoms with E-state index in [-0.39, 0.29) is 17.6 Å². The zero-order chi connectivity index (χ0) is 21.2. The van der Waals surface area contributed by atoms with Crippen molar-refractivity contribution < 1.29 is 4.79 Å². The minimum atomic E-state index is -0.0149. The normalized spacial score (nSPS) is 33.6. The van der Waals surface area contributed by atoms with Crippen LogP contribution in [0.1, 0.15) is 81.2 Å². The Morgan fingerprint density at radius 1 is 0.968 bits per heavy atom. The summed E-state index contributed by atoms with van der Waals surface area (Å²) in [5.74, 6) is 3.03. The van der Waals surface area contributed by atoms with E-state index < -0.39 is 0 Å². The van der Waals surface area contributed by atoms with E-state index in [0.29, 0.717) is 5.92 Å². The number of benzene rings is 1. The molecule has 1 aromatic carbocycles. The van der Waals surface area contributed by atoms with Crippen LogP contribution in [0.3, 0.4) is 0 Å². The summed E-state index contributed by atoms with van der Waals surface area (Å²) in [6, 6.07) is 13.4. The smallest absolute Gasteiger partial charge is 0.318 e. The Morgan fingerprint density at radius 2 is 1.61 bits per heavy atom. The van der Waals surface area contributed by atoms with Crippen molar-refractivity contribution in [2.75, 3.05) is 6.54 Å². The quantitative estimate of drug-likeness (QED) is 0.684. The van der Waals surface area contributed by atoms with Crippen molar-refractivity contribution in [1.82, 2.24) is 14.8 Å². The summed E-state index contributed by atoms with van der Waals surface area (Å²) in [4.78, 5) is 15.9. The fourth-order valence-electron chi connectivity index (χ4n) is 7.58. The SMILES string of the molecule is CC(C)c1ccc(C2c3cccn3CCN2C(=O)NC23CC4CC(CC(C4)C2)C3)cc1. The number of fused-ring (bicyclic) bond motifs is 1. The molecule has 2 aromatic rings. The molecule has 7 rings (SSSR count). The van der Waals surface area contributed by atoms with Gasteiger partial charge in [-0.25, -0.2) is 4.79 Å². The number of rotatable bonds is 3. The molecule has 0 spiro atoms. The van der Waals surface area contributed by atoms with Crippen LogP contribution >= 0.6 is 0 Å². The van der Waals surface area contributed by atoms with Crippen LogP contribution in [0.25, 0.3) is 0 Å². The number of hydrogen-bond donors (Lipinski definition) is 1. The van der Waals surface area contributed by atoms with Crippen LogP contribution in [0.4, 0.5) is 4.79 Å². The zero-order valence-electron chi connectivity index (χ0n) is 18.9. The summed E-state index contributed by atoms with van der Waals surface area (Å²) in [7, 11) is 0. The molecule has 5 aliphatic rings. The van der Waals surface area contributed by atoms with Crippen LogP contribution in [0.5, 0.6) is 0 Å². The molecule has 1 aliphatic heterocycles. The molecular formula is C27H35N3O. The predicted octanol–water partition coefficient (Wildman–Crippen LogP) is 5.69. The summed E-state index contributed by atoms with van der Waals surface area (Å²) in [6.07, 6.45) is 9.94. The Bertz CT molecular complexity index is 937. The standard InChI is InChI=1S/C27H35N3O/c1-18(2)22-5-7-23(8-6-22)25-24-4-3-9-29(24)10-11-30(25)26(31)28-27-15-19-12-20(16-27)14-21(13-19)17-27/h3-9,18-21,25H,10-17H2,1-2H3,(H,28,31). The maximum Gasteiger partial charge on any atom is 0.318 e. The molecule has 4 heteroatoms. The third-order valence-corrected chi connectivity index (χ3v) is 8.63. The summed E-state index contributed by atoms with van der Waals surface area (Å²) in [6.45, 7) is 6.09. The van der Waals surface area contributed by atoms with E-state index in [1.807, 2.05) is 0 Å². The Kier molecular flexibility index (Phi) is 4.49. The van der Waals surface area contributed by atoms with Crippen LogP contribution in [0.15, 0.2) is 42.6 Å². The molecule has 4 bridgehead atoms. The number of nitrogens with zero attached hydrogens (tertiary/aromatic N) is 2. The van der Waals surface area contributed by atoms with Crippen molar-refractivity contribution in [3.05, 3.63) is 59.4 Å². The molecule has 1 aromatic heterocycles. The molecule has 4 saturated carbocycles. The highest BCUT2D eigenvalue weighted by molar-refractivity contribution is 5.76. The average Bonchev–Trinajstić information content (AvgIpc) is 3.20. The summed E-state index contributed by atoms with van der Waals surface area (Å²) in [5, 5.41) is 3.62. The van der Waals surface area contributed by atoms with Gasteiger partial charge >= 0.3 is 6.03 Å². The molecule has 2 amide bonds. The number of nitrogens with one attached hydrogen (secondary N) is 1. The number of hydrogen-bond acceptors (Lipinski definition) is 1. The number of carbonyl (C=O) groups excluding carboxylic acids is 1. The highest BCUT2D eigenvalue weighted by atomic mass is 16.2. The third kappa shape index (κ3) is 3.30. The highest BCUT2D eigenvalue weighted by Crippen LogP contribution is 2.55. The second kappa shape index (κ2) is 7.15. The molecule has 4 nitrogen and oxygen atoms in total. The molecule has 0 radical (unpaired) electrons. The van der Waals surface area contributed by atoms with Gasteiger partial charge in [0, 0.05) is 30.5 Å². The minimum Gasteiger partial charge on any atom is -0.348 e. The molecule has 4 fully saturated rings. The van der Waals surface area contributed by atoms with Gasteiger partial charge in [0.25, 0.3) is 0 Å². The second-order valence-electron chi connectivity index (χ2n) is 11.2. The van der Waals surface area contributed by atoms with Crippen molar-refractivity contribution in [2.45, 2.75) is 76.4 Å². The number of carbonyl (C=O) groups is 1. The van der Waals surface area contributed by atoms with Gasteiger partial charge in [0.2, 0.25) is 0 Å². The third-order valence-electron chi connectivity index (χ3n) is 8.63. The van der Waals surface area contributed by atoms with E-state index in [1.165, 1.54) is 55.3 Å². The molecule has 1 atom stereocenters. The van der Waals surface area contributed by atoms with E-state index >= 15 is 0 Å². The Morgan fingerprint density at radius 3 is 2.23 bits per heavy atom. The van der Waals surface area contributed by atoms with Gasteiger partial charge in [-0.05, 0) is 85.5 Å². The van der Waals surface area contributed by atoms with Crippen LogP contribution in [-0.4, -0.2) is 27.6 Å². The van der Waals surface area contributed by atoms with E-state index in [1.54, 1.807) is 0 Å². The minimum absolute atomic E-state index is 0.0149. The lowest BCUT2D eigenvalue weighted by atomic mass is 9.53. The second-order valence-corrected chi connectivity index (χ2v) is 11.2. The Hall–Kier alpha value is -2.23. The lowest BCUT2D eigenvalue weighted by Crippen LogP contribution is -2.62. The summed E-state index contributed by atoms with van der Waals surface area (Å²) < 4.78 is 2.32. The first-order chi connectivity index (χ1) is 15.0. The maximum absolute atomic E-state index is 13.8. The van der Waals surface area contributed by atoms with Gasteiger partial charge in [-0.1, -0.05) is 38.1 Å². The molecule has 1 N–H and O–H groups in total. The zero-order valence-corrected chi connectivity index (χ0v) is 18.9. The number of aromatic nitrogens is 1. The first kappa shape index (κ1) is 19.5. The van der Waals surface area contributed by atoms with Crippen molar-refractivity contribution >= 4 is 6.03 Å². The van der Waals surface area contributed by atoms with Gasteiger partial charge in [0.1, 0.15) is 0 Å². The molecule has 164 valence electrons. The fraction of sp³-hybridized carbons (Fsp3) is 0.593. The van der Waals surface area contributed by atoms with E-state index in [4.69, 9.17) is 0 Å². The van der Waals surface area contributed by atoms with Crippen LogP contribution in [0, 0.1) is 17.8 Å². The first-order valence-corrected chi connectivity index (χ1v) is 12.3. The lowest BCUT2D eigenvalue weighted by Gasteiger charge is -2.57. The van der Waals surface area contributed by atoms with Crippen molar-refractivity contribution in [1.29, 1.82) is 0 Å². The summed E-state index contributed by atoms with van der Waals surface area (Å²) >= 11 is 0. The molecular weight excluding hydrogens is 382 g/mol. The Balaban J connectivity index is 1.29. The largest absolute Gasteiger partial charge is 0.348 e.